The summed E-state index contributed by atoms with van der Waals surface area (Å²) in [6.07, 6.45) is 2.31. The van der Waals surface area contributed by atoms with Gasteiger partial charge in [0.1, 0.15) is 12.3 Å². The van der Waals surface area contributed by atoms with Gasteiger partial charge in [-0.05, 0) is 33.9 Å². The minimum absolute atomic E-state index is 0.0546. The van der Waals surface area contributed by atoms with Crippen LogP contribution in [-0.2, 0) is 31.6 Å². The van der Waals surface area contributed by atoms with E-state index in [9.17, 15) is 14.4 Å². The second kappa shape index (κ2) is 8.38. The predicted octanol–water partition coefficient (Wildman–Crippen LogP) is 3.26. The molecule has 0 saturated carbocycles. The van der Waals surface area contributed by atoms with Crippen molar-refractivity contribution in [3.63, 3.8) is 0 Å². The number of benzene rings is 3. The first-order valence-corrected chi connectivity index (χ1v) is 14.4. The molecule has 2 fully saturated rings. The van der Waals surface area contributed by atoms with Gasteiger partial charge in [-0.25, -0.2) is 0 Å². The molecule has 1 aromatic heterocycles. The quantitative estimate of drug-likeness (QED) is 0.307. The number of rotatable bonds is 4. The Hall–Kier alpha value is -4.79. The third kappa shape index (κ3) is 2.90. The Morgan fingerprint density at radius 1 is 0.833 bits per heavy atom. The van der Waals surface area contributed by atoms with Gasteiger partial charge in [0.05, 0.1) is 17.3 Å². The fourth-order valence-corrected chi connectivity index (χ4v) is 8.29. The van der Waals surface area contributed by atoms with Crippen molar-refractivity contribution in [2.24, 2.45) is 0 Å². The number of para-hydroxylation sites is 3. The number of aromatic nitrogens is 1. The molecule has 2 saturated heterocycles. The van der Waals surface area contributed by atoms with Crippen LogP contribution < -0.4 is 16.0 Å². The number of hydrogen-bond donors (Lipinski definition) is 4. The Bertz CT molecular complexity index is 1850. The molecule has 4 aliphatic heterocycles. The molecule has 0 bridgehead atoms. The van der Waals surface area contributed by atoms with E-state index in [1.54, 1.807) is 7.05 Å². The molecule has 0 spiro atoms. The number of carbonyl (C=O) groups is 3. The third-order valence-corrected chi connectivity index (χ3v) is 10.3. The molecule has 4 aromatic rings. The average Bonchev–Trinajstić information content (AvgIpc) is 3.76. The summed E-state index contributed by atoms with van der Waals surface area (Å²) in [5.41, 5.74) is 6.88. The molecule has 4 aliphatic rings. The number of aromatic amines is 1. The first-order chi connectivity index (χ1) is 20.3. The Balaban J connectivity index is 1.37. The van der Waals surface area contributed by atoms with E-state index < -0.39 is 10.8 Å². The molecule has 5 heterocycles. The minimum atomic E-state index is -0.669. The van der Waals surface area contributed by atoms with Gasteiger partial charge in [0.25, 0.3) is 0 Å². The van der Waals surface area contributed by atoms with Crippen molar-refractivity contribution in [2.75, 3.05) is 31.8 Å². The fraction of sp³-hybridized carbons (Fsp3) is 0.303. The van der Waals surface area contributed by atoms with Crippen molar-refractivity contribution in [2.45, 2.75) is 42.4 Å². The molecular formula is C33H32N6O3. The fourth-order valence-electron chi connectivity index (χ4n) is 8.29. The molecule has 42 heavy (non-hydrogen) atoms. The highest BCUT2D eigenvalue weighted by Gasteiger charge is 2.62. The van der Waals surface area contributed by atoms with Crippen LogP contribution in [0.5, 0.6) is 0 Å². The van der Waals surface area contributed by atoms with Gasteiger partial charge in [0.2, 0.25) is 17.7 Å². The molecule has 0 radical (unpaired) electrons. The van der Waals surface area contributed by atoms with E-state index in [4.69, 9.17) is 0 Å². The summed E-state index contributed by atoms with van der Waals surface area (Å²) in [6, 6.07) is 20.8. The van der Waals surface area contributed by atoms with Crippen LogP contribution in [0.1, 0.15) is 40.7 Å². The number of fused-ring (bicyclic) bond motifs is 7. The summed E-state index contributed by atoms with van der Waals surface area (Å²) in [5.74, 6) is 0.109. The summed E-state index contributed by atoms with van der Waals surface area (Å²) in [6.45, 7) is 0. The second-order valence-electron chi connectivity index (χ2n) is 12.1. The van der Waals surface area contributed by atoms with E-state index in [0.29, 0.717) is 12.8 Å². The van der Waals surface area contributed by atoms with Crippen molar-refractivity contribution in [3.05, 3.63) is 94.7 Å². The van der Waals surface area contributed by atoms with E-state index in [2.05, 4.69) is 57.3 Å². The lowest BCUT2D eigenvalue weighted by molar-refractivity contribution is -0.128. The van der Waals surface area contributed by atoms with Crippen molar-refractivity contribution in [1.82, 2.24) is 20.1 Å². The highest BCUT2D eigenvalue weighted by atomic mass is 16.2. The van der Waals surface area contributed by atoms with Crippen molar-refractivity contribution in [3.8, 4) is 0 Å². The van der Waals surface area contributed by atoms with Crippen LogP contribution in [0, 0.1) is 0 Å². The topological polar surface area (TPSA) is 110 Å². The van der Waals surface area contributed by atoms with Crippen molar-refractivity contribution < 1.29 is 14.4 Å². The van der Waals surface area contributed by atoms with Crippen molar-refractivity contribution in [1.29, 1.82) is 0 Å². The standard InChI is InChI=1S/C33H32N6O3/c1-34-25(40)14-18-17-35-28-19(18)8-6-10-21(28)33-16-27(42)39(3)31(33)37-29-22(11-7-12-23(29)33)32-15-26(41)38(2)30(32)36-24-13-5-4-9-20(24)32/h4-13,17,30-31,35-37H,14-16H2,1-3H3,(H,34,40)/t30-,31+,32-,33-/m1/s1. The highest BCUT2D eigenvalue weighted by Crippen LogP contribution is 2.60. The smallest absolute Gasteiger partial charge is 0.225 e. The van der Waals surface area contributed by atoms with Crippen LogP contribution in [0.15, 0.2) is 66.9 Å². The molecule has 0 aliphatic carbocycles. The number of nitrogens with zero attached hydrogens (tertiary/aromatic N) is 2. The lowest BCUT2D eigenvalue weighted by Crippen LogP contribution is -2.44. The molecule has 3 aromatic carbocycles. The summed E-state index contributed by atoms with van der Waals surface area (Å²) < 4.78 is 0. The van der Waals surface area contributed by atoms with Gasteiger partial charge >= 0.3 is 0 Å². The van der Waals surface area contributed by atoms with Gasteiger partial charge in [-0.1, -0.05) is 54.6 Å². The lowest BCUT2D eigenvalue weighted by Gasteiger charge is -2.33. The maximum absolute atomic E-state index is 13.4. The van der Waals surface area contributed by atoms with Gasteiger partial charge in [-0.2, -0.15) is 0 Å². The predicted molar refractivity (Wildman–Crippen MR) is 160 cm³/mol. The molecule has 8 rings (SSSR count). The number of hydrogen-bond acceptors (Lipinski definition) is 5. The molecule has 3 amide bonds. The summed E-state index contributed by atoms with van der Waals surface area (Å²) in [7, 11) is 5.37. The maximum Gasteiger partial charge on any atom is 0.225 e. The zero-order valence-electron chi connectivity index (χ0n) is 23.7. The second-order valence-corrected chi connectivity index (χ2v) is 12.1. The van der Waals surface area contributed by atoms with Crippen LogP contribution in [0.2, 0.25) is 0 Å². The number of nitrogens with one attached hydrogen (secondary N) is 4. The van der Waals surface area contributed by atoms with Crippen LogP contribution >= 0.6 is 0 Å². The van der Waals surface area contributed by atoms with E-state index in [1.165, 1.54) is 0 Å². The Morgan fingerprint density at radius 2 is 1.43 bits per heavy atom. The van der Waals surface area contributed by atoms with Crippen LogP contribution in [-0.4, -0.2) is 66.0 Å². The molecular weight excluding hydrogens is 528 g/mol. The van der Waals surface area contributed by atoms with Gasteiger partial charge < -0.3 is 30.7 Å². The largest absolute Gasteiger partial charge is 0.364 e. The van der Waals surface area contributed by atoms with Gasteiger partial charge in [0.15, 0.2) is 0 Å². The molecule has 9 heteroatoms. The minimum Gasteiger partial charge on any atom is -0.364 e. The zero-order valence-corrected chi connectivity index (χ0v) is 23.7. The monoisotopic (exact) mass is 560 g/mol. The Labute approximate surface area is 243 Å². The molecule has 4 atom stereocenters. The Morgan fingerprint density at radius 3 is 2.14 bits per heavy atom. The normalized spacial score (nSPS) is 27.0. The van der Waals surface area contributed by atoms with Gasteiger partial charge in [-0.3, -0.25) is 14.4 Å². The summed E-state index contributed by atoms with van der Waals surface area (Å²) in [4.78, 5) is 46.1. The van der Waals surface area contributed by atoms with Crippen LogP contribution in [0.4, 0.5) is 11.4 Å². The number of H-pyrrole nitrogens is 1. The van der Waals surface area contributed by atoms with Crippen LogP contribution in [0.25, 0.3) is 10.9 Å². The van der Waals surface area contributed by atoms with Crippen LogP contribution in [0.3, 0.4) is 0 Å². The SMILES string of the molecule is CNC(=O)Cc1c[nH]c2c([C@@]34CC(=O)N(C)[C@@H]3Nc3c([C@]56CC(=O)N(C)[C@H]5Nc5ccccc56)cccc34)cccc12. The molecule has 9 nitrogen and oxygen atoms in total. The van der Waals surface area contributed by atoms with E-state index >= 15 is 0 Å². The first-order valence-electron chi connectivity index (χ1n) is 14.4. The molecule has 0 unspecified atom stereocenters. The Kier molecular flexibility index (Phi) is 4.98. The maximum atomic E-state index is 13.4. The highest BCUT2D eigenvalue weighted by molar-refractivity contribution is 5.96. The number of amides is 3. The van der Waals surface area contributed by atoms with E-state index in [-0.39, 0.29) is 36.5 Å². The van der Waals surface area contributed by atoms with Gasteiger partial charge in [0, 0.05) is 62.5 Å². The van der Waals surface area contributed by atoms with Crippen molar-refractivity contribution >= 4 is 40.0 Å². The number of anilines is 2. The summed E-state index contributed by atoms with van der Waals surface area (Å²) >= 11 is 0. The van der Waals surface area contributed by atoms with E-state index in [0.717, 1.165) is 50.1 Å². The van der Waals surface area contributed by atoms with E-state index in [1.807, 2.05) is 54.4 Å². The zero-order chi connectivity index (χ0) is 29.0. The molecule has 212 valence electrons. The summed E-state index contributed by atoms with van der Waals surface area (Å²) in [5, 5.41) is 11.1. The third-order valence-electron chi connectivity index (χ3n) is 10.3. The molecule has 4 N–H and O–H groups in total. The lowest BCUT2D eigenvalue weighted by atomic mass is 9.69. The number of likely N-dealkylation sites (N-methyl/N-ethyl adjacent to an activating group) is 3. The number of carbonyl (C=O) groups excluding carboxylic acids is 3. The average molecular weight is 561 g/mol. The first kappa shape index (κ1) is 25.0. The number of likely N-dealkylation sites (tertiary alicyclic amines) is 2. The van der Waals surface area contributed by atoms with Gasteiger partial charge in [-0.15, -0.1) is 0 Å².